The lowest BCUT2D eigenvalue weighted by molar-refractivity contribution is 0.0527. The van der Waals surface area contributed by atoms with Gasteiger partial charge in [0.05, 0.1) is 12.2 Å². The molecule has 0 atom stereocenters. The van der Waals surface area contributed by atoms with Gasteiger partial charge in [-0.2, -0.15) is 0 Å². The molecule has 2 rings (SSSR count). The molecule has 0 aliphatic carbocycles. The van der Waals surface area contributed by atoms with Gasteiger partial charge >= 0.3 is 5.97 Å². The molecule has 0 unspecified atom stereocenters. The van der Waals surface area contributed by atoms with Crippen LogP contribution >= 0.6 is 0 Å². The number of phenols is 1. The summed E-state index contributed by atoms with van der Waals surface area (Å²) in [5.41, 5.74) is 3.16. The summed E-state index contributed by atoms with van der Waals surface area (Å²) in [4.78, 5) is 14.4. The number of hydrogen-bond donors (Lipinski definition) is 1. The lowest BCUT2D eigenvalue weighted by Crippen LogP contribution is -2.12. The molecule has 0 saturated heterocycles. The molecule has 0 saturated carbocycles. The van der Waals surface area contributed by atoms with Crippen molar-refractivity contribution >= 4 is 16.9 Å². The van der Waals surface area contributed by atoms with E-state index >= 15 is 0 Å². The molecule has 0 amide bonds. The zero-order chi connectivity index (χ0) is 16.4. The number of phenolic OH excluding ortho intramolecular Hbond substituents is 1. The van der Waals surface area contributed by atoms with E-state index < -0.39 is 0 Å². The number of hydrogen-bond acceptors (Lipinski definition) is 4. The molecule has 1 aromatic heterocycles. The van der Waals surface area contributed by atoms with Gasteiger partial charge in [0, 0.05) is 35.2 Å². The average molecular weight is 304 g/mol. The van der Waals surface area contributed by atoms with Crippen LogP contribution in [-0.2, 0) is 17.8 Å². The maximum Gasteiger partial charge on any atom is 0.340 e. The minimum absolute atomic E-state index is 0.208. The molecule has 0 aliphatic rings. The van der Waals surface area contributed by atoms with Crippen molar-refractivity contribution < 1.29 is 14.6 Å². The van der Waals surface area contributed by atoms with Crippen molar-refractivity contribution in [1.29, 1.82) is 0 Å². The number of ether oxygens (including phenoxy) is 1. The largest absolute Gasteiger partial charge is 0.508 e. The minimum Gasteiger partial charge on any atom is -0.508 e. The molecule has 0 spiro atoms. The number of carbonyl (C=O) groups excluding carboxylic acids is 1. The molecular weight excluding hydrogens is 280 g/mol. The Balaban J connectivity index is 2.83. The summed E-state index contributed by atoms with van der Waals surface area (Å²) >= 11 is 0. The monoisotopic (exact) mass is 304 g/mol. The van der Waals surface area contributed by atoms with Crippen LogP contribution in [0, 0.1) is 6.92 Å². The number of rotatable bonds is 5. The number of aryl methyl sites for hydroxylation is 1. The van der Waals surface area contributed by atoms with Crippen LogP contribution in [0.15, 0.2) is 12.1 Å². The number of fused-ring (bicyclic) bond motifs is 1. The predicted octanol–water partition coefficient (Wildman–Crippen LogP) is 2.91. The van der Waals surface area contributed by atoms with Crippen molar-refractivity contribution in [3.05, 3.63) is 29.0 Å². The Labute approximate surface area is 131 Å². The highest BCUT2D eigenvalue weighted by molar-refractivity contribution is 6.08. The molecule has 1 N–H and O–H groups in total. The van der Waals surface area contributed by atoms with E-state index in [1.807, 2.05) is 38.9 Å². The van der Waals surface area contributed by atoms with Crippen LogP contribution < -0.4 is 0 Å². The number of nitrogens with zero attached hydrogens (tertiary/aromatic N) is 2. The van der Waals surface area contributed by atoms with Crippen molar-refractivity contribution in [3.8, 4) is 5.75 Å². The van der Waals surface area contributed by atoms with Crippen LogP contribution in [0.25, 0.3) is 10.9 Å². The first kappa shape index (κ1) is 16.4. The fourth-order valence-electron chi connectivity index (χ4n) is 2.96. The molecule has 2 aromatic rings. The van der Waals surface area contributed by atoms with Gasteiger partial charge in [-0.1, -0.05) is 0 Å². The number of esters is 1. The van der Waals surface area contributed by atoms with E-state index in [1.54, 1.807) is 13.0 Å². The van der Waals surface area contributed by atoms with Crippen molar-refractivity contribution in [1.82, 2.24) is 9.47 Å². The van der Waals surface area contributed by atoms with E-state index in [0.717, 1.165) is 28.7 Å². The third kappa shape index (κ3) is 2.68. The van der Waals surface area contributed by atoms with E-state index in [-0.39, 0.29) is 11.7 Å². The fourth-order valence-corrected chi connectivity index (χ4v) is 2.96. The summed E-state index contributed by atoms with van der Waals surface area (Å²) in [5, 5.41) is 11.1. The summed E-state index contributed by atoms with van der Waals surface area (Å²) in [7, 11) is 3.87. The summed E-state index contributed by atoms with van der Waals surface area (Å²) < 4.78 is 7.31. The van der Waals surface area contributed by atoms with Crippen LogP contribution in [0.3, 0.4) is 0 Å². The number of aromatic hydroxyl groups is 1. The third-order valence-corrected chi connectivity index (χ3v) is 3.84. The van der Waals surface area contributed by atoms with Crippen LogP contribution in [0.1, 0.15) is 35.5 Å². The summed E-state index contributed by atoms with van der Waals surface area (Å²) in [6.07, 6.45) is 0. The SMILES string of the molecule is CCOC(=O)c1c(C)n(CC)c2ccc(O)c(CN(C)C)c12. The second-order valence-electron chi connectivity index (χ2n) is 5.62. The highest BCUT2D eigenvalue weighted by Gasteiger charge is 2.24. The molecule has 22 heavy (non-hydrogen) atoms. The van der Waals surface area contributed by atoms with Gasteiger partial charge in [-0.05, 0) is 47.0 Å². The molecule has 0 fully saturated rings. The van der Waals surface area contributed by atoms with Gasteiger partial charge in [-0.15, -0.1) is 0 Å². The Morgan fingerprint density at radius 2 is 2.00 bits per heavy atom. The Morgan fingerprint density at radius 1 is 1.32 bits per heavy atom. The van der Waals surface area contributed by atoms with Gasteiger partial charge in [-0.25, -0.2) is 4.79 Å². The molecular formula is C17H24N2O3. The highest BCUT2D eigenvalue weighted by atomic mass is 16.5. The van der Waals surface area contributed by atoms with Gasteiger partial charge < -0.3 is 19.3 Å². The minimum atomic E-state index is -0.331. The first-order valence-electron chi connectivity index (χ1n) is 7.57. The van der Waals surface area contributed by atoms with Gasteiger partial charge in [-0.3, -0.25) is 0 Å². The second-order valence-corrected chi connectivity index (χ2v) is 5.62. The van der Waals surface area contributed by atoms with Gasteiger partial charge in [0.25, 0.3) is 0 Å². The van der Waals surface area contributed by atoms with E-state index in [1.165, 1.54) is 0 Å². The molecule has 0 aliphatic heterocycles. The highest BCUT2D eigenvalue weighted by Crippen LogP contribution is 2.35. The number of carbonyl (C=O) groups is 1. The first-order chi connectivity index (χ1) is 10.4. The van der Waals surface area contributed by atoms with Crippen molar-refractivity contribution in [2.75, 3.05) is 20.7 Å². The topological polar surface area (TPSA) is 54.7 Å². The Bertz CT molecular complexity index is 702. The normalized spacial score (nSPS) is 11.4. The van der Waals surface area contributed by atoms with E-state index in [9.17, 15) is 9.90 Å². The average Bonchev–Trinajstić information content (AvgIpc) is 2.74. The lowest BCUT2D eigenvalue weighted by atomic mass is 10.0. The molecule has 1 aromatic carbocycles. The summed E-state index contributed by atoms with van der Waals surface area (Å²) in [6, 6.07) is 3.56. The molecule has 0 radical (unpaired) electrons. The molecule has 5 heteroatoms. The van der Waals surface area contributed by atoms with Gasteiger partial charge in [0.1, 0.15) is 5.75 Å². The molecule has 5 nitrogen and oxygen atoms in total. The van der Waals surface area contributed by atoms with Crippen LogP contribution in [0.4, 0.5) is 0 Å². The summed E-state index contributed by atoms with van der Waals surface area (Å²) in [5.74, 6) is -0.122. The van der Waals surface area contributed by atoms with E-state index in [0.29, 0.717) is 18.7 Å². The van der Waals surface area contributed by atoms with Crippen molar-refractivity contribution in [3.63, 3.8) is 0 Å². The molecule has 0 bridgehead atoms. The maximum atomic E-state index is 12.4. The Hall–Kier alpha value is -2.01. The number of benzene rings is 1. The molecule has 120 valence electrons. The Kier molecular flexibility index (Phi) is 4.76. The van der Waals surface area contributed by atoms with Crippen LogP contribution in [-0.4, -0.2) is 41.2 Å². The van der Waals surface area contributed by atoms with Gasteiger partial charge in [0.15, 0.2) is 0 Å². The van der Waals surface area contributed by atoms with Crippen molar-refractivity contribution in [2.45, 2.75) is 33.9 Å². The van der Waals surface area contributed by atoms with Crippen molar-refractivity contribution in [2.24, 2.45) is 0 Å². The van der Waals surface area contributed by atoms with E-state index in [4.69, 9.17) is 4.74 Å². The zero-order valence-electron chi connectivity index (χ0n) is 13.9. The van der Waals surface area contributed by atoms with E-state index in [2.05, 4.69) is 4.57 Å². The van der Waals surface area contributed by atoms with Crippen LogP contribution in [0.5, 0.6) is 5.75 Å². The third-order valence-electron chi connectivity index (χ3n) is 3.84. The predicted molar refractivity (Wildman–Crippen MR) is 87.4 cm³/mol. The van der Waals surface area contributed by atoms with Gasteiger partial charge in [0.2, 0.25) is 0 Å². The Morgan fingerprint density at radius 3 is 2.55 bits per heavy atom. The summed E-state index contributed by atoms with van der Waals surface area (Å²) in [6.45, 7) is 7.41. The molecule has 1 heterocycles. The van der Waals surface area contributed by atoms with Crippen LogP contribution in [0.2, 0.25) is 0 Å². The second kappa shape index (κ2) is 6.40. The fraction of sp³-hybridized carbons (Fsp3) is 0.471. The lowest BCUT2D eigenvalue weighted by Gasteiger charge is -2.14. The maximum absolute atomic E-state index is 12.4. The number of aromatic nitrogens is 1. The smallest absolute Gasteiger partial charge is 0.340 e. The quantitative estimate of drug-likeness (QED) is 0.863. The zero-order valence-corrected chi connectivity index (χ0v) is 13.9. The standard InChI is InChI=1S/C17H24N2O3/c1-6-19-11(3)15(17(21)22-7-2)16-12(10-18(4)5)14(20)9-8-13(16)19/h8-9,20H,6-7,10H2,1-5H3. The first-order valence-corrected chi connectivity index (χ1v) is 7.57.